The summed E-state index contributed by atoms with van der Waals surface area (Å²) < 4.78 is 0. The van der Waals surface area contributed by atoms with Gasteiger partial charge >= 0.3 is 0 Å². The molecule has 3 rings (SSSR count). The molecule has 3 heteroatoms. The minimum atomic E-state index is 0.192. The van der Waals surface area contributed by atoms with E-state index in [0.717, 1.165) is 18.2 Å². The predicted molar refractivity (Wildman–Crippen MR) is 81.8 cm³/mol. The highest BCUT2D eigenvalue weighted by Crippen LogP contribution is 2.34. The molecule has 1 atom stereocenters. The molecule has 1 amide bonds. The van der Waals surface area contributed by atoms with Gasteiger partial charge in [0.15, 0.2) is 0 Å². The molecule has 1 saturated carbocycles. The minimum absolute atomic E-state index is 0.192. The van der Waals surface area contributed by atoms with E-state index in [1.54, 1.807) is 4.90 Å². The molecule has 0 bridgehead atoms. The van der Waals surface area contributed by atoms with Gasteiger partial charge in [-0.3, -0.25) is 4.79 Å². The van der Waals surface area contributed by atoms with E-state index in [9.17, 15) is 4.79 Å². The topological polar surface area (TPSA) is 32.3 Å². The number of para-hydroxylation sites is 1. The van der Waals surface area contributed by atoms with Crippen LogP contribution >= 0.6 is 0 Å². The zero-order valence-electron chi connectivity index (χ0n) is 12.3. The maximum atomic E-state index is 12.1. The van der Waals surface area contributed by atoms with Crippen molar-refractivity contribution >= 4 is 11.6 Å². The molecule has 0 spiro atoms. The summed E-state index contributed by atoms with van der Waals surface area (Å²) in [4.78, 5) is 13.9. The smallest absolute Gasteiger partial charge is 0.228 e. The Morgan fingerprint density at radius 1 is 1.20 bits per heavy atom. The number of rotatable bonds is 3. The molecule has 1 aliphatic heterocycles. The Balaban J connectivity index is 1.70. The number of fused-ring (bicyclic) bond motifs is 1. The molecule has 3 nitrogen and oxygen atoms in total. The number of amides is 1. The van der Waals surface area contributed by atoms with Crippen LogP contribution in [0, 0.1) is 5.92 Å². The highest BCUT2D eigenvalue weighted by Gasteiger charge is 2.29. The highest BCUT2D eigenvalue weighted by atomic mass is 16.2. The number of hydrogen-bond donors (Lipinski definition) is 1. The Kier molecular flexibility index (Phi) is 4.06. The molecule has 0 saturated heterocycles. The fourth-order valence-corrected chi connectivity index (χ4v) is 3.53. The Morgan fingerprint density at radius 2 is 1.95 bits per heavy atom. The van der Waals surface area contributed by atoms with E-state index in [-0.39, 0.29) is 11.9 Å². The van der Waals surface area contributed by atoms with Gasteiger partial charge in [0, 0.05) is 25.2 Å². The predicted octanol–water partition coefficient (Wildman–Crippen LogP) is 3.26. The molecule has 1 unspecified atom stereocenters. The second kappa shape index (κ2) is 5.96. The quantitative estimate of drug-likeness (QED) is 0.916. The second-order valence-corrected chi connectivity index (χ2v) is 6.18. The van der Waals surface area contributed by atoms with Crippen molar-refractivity contribution in [2.24, 2.45) is 5.92 Å². The van der Waals surface area contributed by atoms with Crippen molar-refractivity contribution in [1.82, 2.24) is 5.32 Å². The first-order chi connectivity index (χ1) is 9.75. The fourth-order valence-electron chi connectivity index (χ4n) is 3.53. The molecular formula is C17H24N2O. The first kappa shape index (κ1) is 13.6. The van der Waals surface area contributed by atoms with Crippen molar-refractivity contribution in [3.63, 3.8) is 0 Å². The van der Waals surface area contributed by atoms with Crippen LogP contribution in [0.5, 0.6) is 0 Å². The van der Waals surface area contributed by atoms with E-state index >= 15 is 0 Å². The van der Waals surface area contributed by atoms with Crippen molar-refractivity contribution in [1.29, 1.82) is 0 Å². The summed E-state index contributed by atoms with van der Waals surface area (Å²) in [7, 11) is 1.87. The Bertz CT molecular complexity index is 480. The van der Waals surface area contributed by atoms with Crippen molar-refractivity contribution in [2.75, 3.05) is 18.5 Å². The largest absolute Gasteiger partial charge is 0.315 e. The Labute approximate surface area is 121 Å². The number of nitrogens with zero attached hydrogens (tertiary/aromatic N) is 1. The van der Waals surface area contributed by atoms with Crippen LogP contribution in [0.25, 0.3) is 0 Å². The van der Waals surface area contributed by atoms with Gasteiger partial charge in [-0.15, -0.1) is 0 Å². The molecular weight excluding hydrogens is 248 g/mol. The zero-order valence-corrected chi connectivity index (χ0v) is 12.3. The van der Waals surface area contributed by atoms with Crippen LogP contribution in [0.15, 0.2) is 24.3 Å². The zero-order chi connectivity index (χ0) is 13.9. The summed E-state index contributed by atoms with van der Waals surface area (Å²) >= 11 is 0. The van der Waals surface area contributed by atoms with Gasteiger partial charge in [0.2, 0.25) is 5.91 Å². The number of carbonyl (C=O) groups is 1. The second-order valence-electron chi connectivity index (χ2n) is 6.18. The first-order valence-corrected chi connectivity index (χ1v) is 7.84. The standard InChI is InChI=1S/C17H24N2O/c1-19-16-10-6-5-9-14(16)15(11-17(19)20)18-12-13-7-3-2-4-8-13/h5-6,9-10,13,15,18H,2-4,7-8,11-12H2,1H3. The third-order valence-corrected chi connectivity index (χ3v) is 4.80. The number of anilines is 1. The van der Waals surface area contributed by atoms with E-state index < -0.39 is 0 Å². The summed E-state index contributed by atoms with van der Waals surface area (Å²) in [5.74, 6) is 1.01. The van der Waals surface area contributed by atoms with Gasteiger partial charge in [-0.2, -0.15) is 0 Å². The molecule has 0 aromatic heterocycles. The maximum Gasteiger partial charge on any atom is 0.228 e. The lowest BCUT2D eigenvalue weighted by Gasteiger charge is -2.33. The molecule has 108 valence electrons. The van der Waals surface area contributed by atoms with Crippen LogP contribution in [-0.4, -0.2) is 19.5 Å². The minimum Gasteiger partial charge on any atom is -0.315 e. The highest BCUT2D eigenvalue weighted by molar-refractivity contribution is 5.96. The first-order valence-electron chi connectivity index (χ1n) is 7.84. The van der Waals surface area contributed by atoms with Gasteiger partial charge in [0.05, 0.1) is 0 Å². The molecule has 1 N–H and O–H groups in total. The average molecular weight is 272 g/mol. The SMILES string of the molecule is CN1C(=O)CC(NCC2CCCCC2)c2ccccc21. The van der Waals surface area contributed by atoms with Crippen LogP contribution in [0.1, 0.15) is 50.1 Å². The molecule has 0 radical (unpaired) electrons. The van der Waals surface area contributed by atoms with Crippen LogP contribution in [0.4, 0.5) is 5.69 Å². The van der Waals surface area contributed by atoms with Crippen LogP contribution in [0.2, 0.25) is 0 Å². The van der Waals surface area contributed by atoms with Crippen molar-refractivity contribution < 1.29 is 4.79 Å². The molecule has 2 aliphatic rings. The number of nitrogens with one attached hydrogen (secondary N) is 1. The van der Waals surface area contributed by atoms with E-state index in [4.69, 9.17) is 0 Å². The summed E-state index contributed by atoms with van der Waals surface area (Å²) in [6.07, 6.45) is 7.40. The molecule has 1 aromatic carbocycles. The molecule has 1 fully saturated rings. The van der Waals surface area contributed by atoms with E-state index in [0.29, 0.717) is 6.42 Å². The molecule has 1 heterocycles. The van der Waals surface area contributed by atoms with Crippen molar-refractivity contribution in [2.45, 2.75) is 44.6 Å². The van der Waals surface area contributed by atoms with Crippen LogP contribution < -0.4 is 10.2 Å². The van der Waals surface area contributed by atoms with Crippen molar-refractivity contribution in [3.05, 3.63) is 29.8 Å². The number of carbonyl (C=O) groups excluding carboxylic acids is 1. The lowest BCUT2D eigenvalue weighted by molar-refractivity contribution is -0.119. The van der Waals surface area contributed by atoms with Crippen LogP contribution in [0.3, 0.4) is 0 Å². The van der Waals surface area contributed by atoms with Gasteiger partial charge in [-0.1, -0.05) is 37.5 Å². The molecule has 1 aliphatic carbocycles. The van der Waals surface area contributed by atoms with Crippen molar-refractivity contribution in [3.8, 4) is 0 Å². The summed E-state index contributed by atoms with van der Waals surface area (Å²) in [5.41, 5.74) is 2.33. The summed E-state index contributed by atoms with van der Waals surface area (Å²) in [6.45, 7) is 1.05. The fraction of sp³-hybridized carbons (Fsp3) is 0.588. The molecule has 20 heavy (non-hydrogen) atoms. The number of benzene rings is 1. The van der Waals surface area contributed by atoms with Gasteiger partial charge in [-0.05, 0) is 36.9 Å². The van der Waals surface area contributed by atoms with Crippen LogP contribution in [-0.2, 0) is 4.79 Å². The van der Waals surface area contributed by atoms with E-state index in [1.165, 1.54) is 37.7 Å². The summed E-state index contributed by atoms with van der Waals surface area (Å²) in [6, 6.07) is 8.46. The Hall–Kier alpha value is -1.35. The van der Waals surface area contributed by atoms with Gasteiger partial charge in [0.1, 0.15) is 0 Å². The van der Waals surface area contributed by atoms with Gasteiger partial charge < -0.3 is 10.2 Å². The van der Waals surface area contributed by atoms with Gasteiger partial charge in [-0.25, -0.2) is 0 Å². The maximum absolute atomic E-state index is 12.1. The molecule has 1 aromatic rings. The third-order valence-electron chi connectivity index (χ3n) is 4.80. The number of hydrogen-bond acceptors (Lipinski definition) is 2. The van der Waals surface area contributed by atoms with E-state index in [2.05, 4.69) is 17.4 Å². The monoisotopic (exact) mass is 272 g/mol. The van der Waals surface area contributed by atoms with E-state index in [1.807, 2.05) is 19.2 Å². The normalized spacial score (nSPS) is 23.8. The lowest BCUT2D eigenvalue weighted by atomic mass is 9.88. The third kappa shape index (κ3) is 2.73. The summed E-state index contributed by atoms with van der Waals surface area (Å²) in [5, 5.41) is 3.65. The Morgan fingerprint density at radius 3 is 2.75 bits per heavy atom. The lowest BCUT2D eigenvalue weighted by Crippen LogP contribution is -2.39. The average Bonchev–Trinajstić information content (AvgIpc) is 2.50. The van der Waals surface area contributed by atoms with Gasteiger partial charge in [0.25, 0.3) is 0 Å².